The van der Waals surface area contributed by atoms with Crippen molar-refractivity contribution >= 4 is 5.91 Å². The average Bonchev–Trinajstić information content (AvgIpc) is 3.24. The highest BCUT2D eigenvalue weighted by atomic mass is 16.5. The van der Waals surface area contributed by atoms with Gasteiger partial charge in [0.05, 0.1) is 11.9 Å². The summed E-state index contributed by atoms with van der Waals surface area (Å²) in [6.45, 7) is 12.0. The van der Waals surface area contributed by atoms with Gasteiger partial charge in [-0.15, -0.1) is 0 Å². The van der Waals surface area contributed by atoms with E-state index in [9.17, 15) is 9.90 Å². The van der Waals surface area contributed by atoms with E-state index in [2.05, 4.69) is 39.1 Å². The number of carbonyl (C=O) groups is 1. The van der Waals surface area contributed by atoms with Gasteiger partial charge in [0.15, 0.2) is 0 Å². The lowest BCUT2D eigenvalue weighted by atomic mass is 9.47. The first-order valence-corrected chi connectivity index (χ1v) is 13.6. The second-order valence-electron chi connectivity index (χ2n) is 12.8. The van der Waals surface area contributed by atoms with E-state index in [1.807, 2.05) is 0 Å². The SMILES string of the molecule is CC(=O)NCC(C)CCC1=C(C)C2C(CC3C4CC=C5CC(O)CCC5(C)C4CCC32C)O1. The van der Waals surface area contributed by atoms with Gasteiger partial charge < -0.3 is 15.2 Å². The fraction of sp³-hybridized carbons (Fsp3) is 0.828. The van der Waals surface area contributed by atoms with Gasteiger partial charge in [-0.1, -0.05) is 32.4 Å². The second-order valence-corrected chi connectivity index (χ2v) is 12.8. The van der Waals surface area contributed by atoms with Gasteiger partial charge in [0, 0.05) is 25.8 Å². The zero-order chi connectivity index (χ0) is 23.5. The summed E-state index contributed by atoms with van der Waals surface area (Å²) in [7, 11) is 0. The smallest absolute Gasteiger partial charge is 0.216 e. The van der Waals surface area contributed by atoms with Gasteiger partial charge in [-0.2, -0.15) is 0 Å². The number of rotatable bonds is 5. The van der Waals surface area contributed by atoms with Crippen molar-refractivity contribution in [3.8, 4) is 0 Å². The van der Waals surface area contributed by atoms with E-state index in [1.165, 1.54) is 37.0 Å². The molecule has 0 aromatic heterocycles. The third-order valence-electron chi connectivity index (χ3n) is 10.8. The molecule has 0 aromatic rings. The monoisotopic (exact) mass is 455 g/mol. The molecule has 5 rings (SSSR count). The van der Waals surface area contributed by atoms with Crippen LogP contribution in [0.3, 0.4) is 0 Å². The molecule has 2 N–H and O–H groups in total. The van der Waals surface area contributed by atoms with Crippen molar-refractivity contribution in [1.82, 2.24) is 5.32 Å². The summed E-state index contributed by atoms with van der Waals surface area (Å²) in [6.07, 6.45) is 13.0. The third kappa shape index (κ3) is 3.79. The molecule has 4 heteroatoms. The Bertz CT molecular complexity index is 861. The number of allylic oxidation sites excluding steroid dienone is 2. The van der Waals surface area contributed by atoms with Crippen LogP contribution in [0.5, 0.6) is 0 Å². The first-order valence-electron chi connectivity index (χ1n) is 13.6. The van der Waals surface area contributed by atoms with Crippen LogP contribution in [-0.2, 0) is 9.53 Å². The van der Waals surface area contributed by atoms with Crippen molar-refractivity contribution in [3.05, 3.63) is 23.0 Å². The van der Waals surface area contributed by atoms with Crippen molar-refractivity contribution in [2.75, 3.05) is 6.54 Å². The lowest BCUT2D eigenvalue weighted by molar-refractivity contribution is -0.119. The first kappa shape index (κ1) is 23.5. The van der Waals surface area contributed by atoms with E-state index in [0.29, 0.717) is 28.8 Å². The Balaban J connectivity index is 1.30. The summed E-state index contributed by atoms with van der Waals surface area (Å²) >= 11 is 0. The van der Waals surface area contributed by atoms with E-state index in [1.54, 1.807) is 12.5 Å². The molecular formula is C29H45NO3. The largest absolute Gasteiger partial charge is 0.494 e. The predicted octanol–water partition coefficient (Wildman–Crippen LogP) is 5.76. The molecule has 1 aliphatic heterocycles. The minimum absolute atomic E-state index is 0.0569. The molecule has 33 heavy (non-hydrogen) atoms. The first-order chi connectivity index (χ1) is 15.6. The maximum atomic E-state index is 11.2. The molecule has 1 amide bonds. The van der Waals surface area contributed by atoms with Crippen molar-refractivity contribution in [1.29, 1.82) is 0 Å². The number of hydrogen-bond donors (Lipinski definition) is 2. The van der Waals surface area contributed by atoms with Crippen molar-refractivity contribution in [3.63, 3.8) is 0 Å². The summed E-state index contributed by atoms with van der Waals surface area (Å²) in [5.41, 5.74) is 3.75. The Kier molecular flexibility index (Phi) is 5.99. The van der Waals surface area contributed by atoms with Gasteiger partial charge in [-0.25, -0.2) is 0 Å². The van der Waals surface area contributed by atoms with Crippen molar-refractivity contribution in [2.24, 2.45) is 40.4 Å². The fourth-order valence-electron chi connectivity index (χ4n) is 9.02. The molecule has 1 heterocycles. The molecule has 0 spiro atoms. The lowest BCUT2D eigenvalue weighted by Crippen LogP contribution is -2.50. The number of hydrogen-bond acceptors (Lipinski definition) is 3. The zero-order valence-corrected chi connectivity index (χ0v) is 21.5. The van der Waals surface area contributed by atoms with Gasteiger partial charge in [0.25, 0.3) is 0 Å². The normalized spacial score (nSPS) is 44.7. The Morgan fingerprint density at radius 3 is 2.82 bits per heavy atom. The number of nitrogens with one attached hydrogen (secondary N) is 1. The Labute approximate surface area is 200 Å². The van der Waals surface area contributed by atoms with Crippen molar-refractivity contribution in [2.45, 2.75) is 105 Å². The topological polar surface area (TPSA) is 58.6 Å². The van der Waals surface area contributed by atoms with Crippen LogP contribution in [0, 0.1) is 40.4 Å². The number of fused-ring (bicyclic) bond motifs is 7. The maximum absolute atomic E-state index is 11.2. The molecule has 0 radical (unpaired) electrons. The molecule has 5 aliphatic rings. The molecule has 3 saturated carbocycles. The highest BCUT2D eigenvalue weighted by Crippen LogP contribution is 2.68. The Morgan fingerprint density at radius 1 is 1.27 bits per heavy atom. The van der Waals surface area contributed by atoms with Gasteiger partial charge in [-0.05, 0) is 98.4 Å². The minimum atomic E-state index is -0.124. The summed E-state index contributed by atoms with van der Waals surface area (Å²) in [6, 6.07) is 0. The predicted molar refractivity (Wildman–Crippen MR) is 131 cm³/mol. The lowest BCUT2D eigenvalue weighted by Gasteiger charge is -2.57. The molecular weight excluding hydrogens is 410 g/mol. The summed E-state index contributed by atoms with van der Waals surface area (Å²) < 4.78 is 6.70. The Hall–Kier alpha value is -1.29. The van der Waals surface area contributed by atoms with Gasteiger partial charge in [0.1, 0.15) is 6.10 Å². The van der Waals surface area contributed by atoms with Crippen LogP contribution in [0.1, 0.15) is 92.4 Å². The van der Waals surface area contributed by atoms with Crippen LogP contribution in [0.2, 0.25) is 0 Å². The average molecular weight is 456 g/mol. The van der Waals surface area contributed by atoms with Crippen molar-refractivity contribution < 1.29 is 14.6 Å². The summed E-state index contributed by atoms with van der Waals surface area (Å²) in [5.74, 6) is 4.66. The quantitative estimate of drug-likeness (QED) is 0.518. The maximum Gasteiger partial charge on any atom is 0.216 e. The molecule has 4 aliphatic carbocycles. The van der Waals surface area contributed by atoms with Gasteiger partial charge in [0.2, 0.25) is 5.91 Å². The fourth-order valence-corrected chi connectivity index (χ4v) is 9.02. The molecule has 4 nitrogen and oxygen atoms in total. The van der Waals surface area contributed by atoms with E-state index >= 15 is 0 Å². The van der Waals surface area contributed by atoms with E-state index in [0.717, 1.165) is 56.4 Å². The second kappa shape index (κ2) is 8.43. The van der Waals surface area contributed by atoms with Gasteiger partial charge in [-0.3, -0.25) is 4.79 Å². The van der Waals surface area contributed by atoms with Crippen LogP contribution in [-0.4, -0.2) is 29.8 Å². The molecule has 0 aromatic carbocycles. The zero-order valence-electron chi connectivity index (χ0n) is 21.5. The van der Waals surface area contributed by atoms with Crippen LogP contribution in [0.25, 0.3) is 0 Å². The summed E-state index contributed by atoms with van der Waals surface area (Å²) in [5, 5.41) is 13.2. The highest BCUT2D eigenvalue weighted by Gasteiger charge is 2.63. The van der Waals surface area contributed by atoms with Gasteiger partial charge >= 0.3 is 0 Å². The van der Waals surface area contributed by atoms with E-state index in [-0.39, 0.29) is 12.0 Å². The van der Waals surface area contributed by atoms with Crippen LogP contribution in [0.15, 0.2) is 23.0 Å². The number of amides is 1. The number of ether oxygens (including phenoxy) is 1. The molecule has 0 bridgehead atoms. The molecule has 9 atom stereocenters. The van der Waals surface area contributed by atoms with E-state index in [4.69, 9.17) is 4.74 Å². The number of aliphatic hydroxyl groups excluding tert-OH is 1. The third-order valence-corrected chi connectivity index (χ3v) is 10.8. The van der Waals surface area contributed by atoms with E-state index < -0.39 is 0 Å². The molecule has 9 unspecified atom stereocenters. The molecule has 0 saturated heterocycles. The number of aliphatic hydroxyl groups is 1. The molecule has 3 fully saturated rings. The van der Waals surface area contributed by atoms with Crippen LogP contribution < -0.4 is 5.32 Å². The minimum Gasteiger partial charge on any atom is -0.494 e. The highest BCUT2D eigenvalue weighted by molar-refractivity contribution is 5.72. The van der Waals surface area contributed by atoms with Crippen LogP contribution in [0.4, 0.5) is 0 Å². The summed E-state index contributed by atoms with van der Waals surface area (Å²) in [4.78, 5) is 11.2. The van der Waals surface area contributed by atoms with Crippen LogP contribution >= 0.6 is 0 Å². The number of carbonyl (C=O) groups excluding carboxylic acids is 1. The standard InChI is InChI=1S/C29H45NO3/c1-17(16-30-19(3)31)6-9-25-18(2)27-26(33-25)15-24-22-8-7-20-14-21(32)10-12-28(20,4)23(22)11-13-29(24,27)5/h7,17,21-24,26-27,32H,6,8-16H2,1-5H3,(H,30,31). The molecule has 184 valence electrons. The Morgan fingerprint density at radius 2 is 2.06 bits per heavy atom.